The molecule has 4 nitrogen and oxygen atoms in total. The van der Waals surface area contributed by atoms with Gasteiger partial charge >= 0.3 is 0 Å². The Balaban J connectivity index is 1.13. The molecule has 8 heteroatoms. The molecule has 2 bridgehead atoms. The second-order valence-electron chi connectivity index (χ2n) is 22.8. The van der Waals surface area contributed by atoms with Crippen LogP contribution in [-0.2, 0) is 12.8 Å². The van der Waals surface area contributed by atoms with E-state index in [-0.39, 0.29) is 0 Å². The first-order chi connectivity index (χ1) is 37.6. The lowest BCUT2D eigenvalue weighted by atomic mass is 9.95. The molecule has 0 atom stereocenters. The van der Waals surface area contributed by atoms with E-state index in [2.05, 4.69) is 82.1 Å². The fourth-order valence-electron chi connectivity index (χ4n) is 11.6. The van der Waals surface area contributed by atoms with Crippen molar-refractivity contribution < 1.29 is 18.9 Å². The van der Waals surface area contributed by atoms with Gasteiger partial charge in [-0.3, -0.25) is 0 Å². The van der Waals surface area contributed by atoms with E-state index in [1.165, 1.54) is 226 Å². The summed E-state index contributed by atoms with van der Waals surface area (Å²) in [5, 5.41) is 0. The quantitative estimate of drug-likeness (QED) is 0.0437. The van der Waals surface area contributed by atoms with Crippen LogP contribution < -0.4 is 18.9 Å². The molecule has 0 radical (unpaired) electrons. The first-order valence-electron chi connectivity index (χ1n) is 32.0. The van der Waals surface area contributed by atoms with Crippen LogP contribution in [0.2, 0.25) is 0 Å². The molecule has 6 rings (SSSR count). The number of aryl methyl sites for hydroxylation is 2. The van der Waals surface area contributed by atoms with Gasteiger partial charge in [-0.2, -0.15) is 0 Å². The maximum absolute atomic E-state index is 6.95. The molecule has 0 fully saturated rings. The molecule has 426 valence electrons. The van der Waals surface area contributed by atoms with Crippen LogP contribution in [0.1, 0.15) is 282 Å². The molecule has 2 aliphatic rings. The number of thiophene rings is 2. The maximum atomic E-state index is 6.95. The van der Waals surface area contributed by atoms with Crippen molar-refractivity contribution in [1.82, 2.24) is 0 Å². The van der Waals surface area contributed by atoms with Crippen LogP contribution in [-0.4, -0.2) is 26.4 Å². The lowest BCUT2D eigenvalue weighted by molar-refractivity contribution is 0.275. The molecular weight excluding hydrogens is 1100 g/mol. The molecule has 0 saturated heterocycles. The molecular formula is C68H104Br2O4S2. The molecule has 0 amide bonds. The summed E-state index contributed by atoms with van der Waals surface area (Å²) in [6.07, 6.45) is 55.0. The summed E-state index contributed by atoms with van der Waals surface area (Å²) in [6, 6.07) is 14.1. The molecule has 76 heavy (non-hydrogen) atoms. The third-order valence-electron chi connectivity index (χ3n) is 16.1. The lowest BCUT2D eigenvalue weighted by Crippen LogP contribution is -2.07. The Hall–Kier alpha value is -2.00. The molecule has 0 aliphatic carbocycles. The summed E-state index contributed by atoms with van der Waals surface area (Å²) in [7, 11) is 0. The summed E-state index contributed by atoms with van der Waals surface area (Å²) in [5.74, 6) is 3.86. The maximum Gasteiger partial charge on any atom is 0.131 e. The predicted molar refractivity (Wildman–Crippen MR) is 339 cm³/mol. The van der Waals surface area contributed by atoms with Crippen LogP contribution in [0.3, 0.4) is 0 Å². The third kappa shape index (κ3) is 23.6. The zero-order chi connectivity index (χ0) is 53.1. The average Bonchev–Trinajstić information content (AvgIpc) is 4.00. The molecule has 0 spiro atoms. The average molecular weight is 1210 g/mol. The Morgan fingerprint density at radius 3 is 0.803 bits per heavy atom. The topological polar surface area (TPSA) is 36.9 Å². The Labute approximate surface area is 490 Å². The number of benzene rings is 2. The highest BCUT2D eigenvalue weighted by Gasteiger charge is 2.28. The van der Waals surface area contributed by atoms with Gasteiger partial charge in [-0.25, -0.2) is 0 Å². The van der Waals surface area contributed by atoms with Crippen LogP contribution in [0.4, 0.5) is 0 Å². The van der Waals surface area contributed by atoms with E-state index in [0.717, 1.165) is 117 Å². The predicted octanol–water partition coefficient (Wildman–Crippen LogP) is 24.6. The zero-order valence-corrected chi connectivity index (χ0v) is 53.0. The minimum atomic E-state index is 0.693. The Morgan fingerprint density at radius 2 is 0.553 bits per heavy atom. The van der Waals surface area contributed by atoms with E-state index in [1.54, 1.807) is 22.7 Å². The Morgan fingerprint density at radius 1 is 0.316 bits per heavy atom. The van der Waals surface area contributed by atoms with E-state index in [9.17, 15) is 0 Å². The molecule has 0 unspecified atom stereocenters. The lowest BCUT2D eigenvalue weighted by Gasteiger charge is -2.21. The molecule has 4 aromatic rings. The van der Waals surface area contributed by atoms with Gasteiger partial charge in [0.15, 0.2) is 0 Å². The van der Waals surface area contributed by atoms with Crippen LogP contribution >= 0.6 is 54.5 Å². The Bertz CT molecular complexity index is 1930. The summed E-state index contributed by atoms with van der Waals surface area (Å²) >= 11 is 11.6. The first kappa shape index (κ1) is 63.2. The summed E-state index contributed by atoms with van der Waals surface area (Å²) in [4.78, 5) is 2.43. The van der Waals surface area contributed by atoms with Crippen molar-refractivity contribution >= 4 is 54.5 Å². The van der Waals surface area contributed by atoms with Crippen molar-refractivity contribution in [2.24, 2.45) is 0 Å². The van der Waals surface area contributed by atoms with Gasteiger partial charge in [-0.1, -0.05) is 206 Å². The van der Waals surface area contributed by atoms with E-state index < -0.39 is 0 Å². The van der Waals surface area contributed by atoms with Gasteiger partial charge in [0.1, 0.15) is 23.0 Å². The molecule has 0 N–H and O–H groups in total. The van der Waals surface area contributed by atoms with Crippen LogP contribution in [0.5, 0.6) is 23.0 Å². The van der Waals surface area contributed by atoms with Crippen LogP contribution in [0, 0.1) is 0 Å². The Kier molecular flexibility index (Phi) is 32.8. The number of unbranched alkanes of at least 4 members (excludes halogenated alkanes) is 30. The minimum absolute atomic E-state index is 0.693. The second-order valence-corrected chi connectivity index (χ2v) is 27.7. The van der Waals surface area contributed by atoms with E-state index in [4.69, 9.17) is 18.9 Å². The molecule has 4 heterocycles. The third-order valence-corrected chi connectivity index (χ3v) is 19.6. The molecule has 2 aromatic heterocycles. The van der Waals surface area contributed by atoms with Gasteiger partial charge in [0.2, 0.25) is 0 Å². The van der Waals surface area contributed by atoms with E-state index in [0.29, 0.717) is 26.4 Å². The normalized spacial score (nSPS) is 14.3. The smallest absolute Gasteiger partial charge is 0.131 e. The second kappa shape index (κ2) is 39.4. The number of rotatable bonds is 34. The van der Waals surface area contributed by atoms with Gasteiger partial charge in [0.05, 0.1) is 54.9 Å². The van der Waals surface area contributed by atoms with Gasteiger partial charge < -0.3 is 18.9 Å². The molecule has 2 aliphatic heterocycles. The molecule has 2 aromatic carbocycles. The monoisotopic (exact) mass is 1210 g/mol. The SMILES string of the molecule is CCCCCCCCCCCCCCCCCCc1cc2c3c(c1)OCCCCCCOc1cc(CCCCCCCCCCCCCCCCCC)cc(c1-c1cc(Br)sc1-c1sc(Br)cc1-3)OCCCCCCO2. The van der Waals surface area contributed by atoms with Crippen molar-refractivity contribution in [3.63, 3.8) is 0 Å². The summed E-state index contributed by atoms with van der Waals surface area (Å²) in [5.41, 5.74) is 7.17. The van der Waals surface area contributed by atoms with Crippen molar-refractivity contribution in [3.05, 3.63) is 55.1 Å². The van der Waals surface area contributed by atoms with Crippen LogP contribution in [0.15, 0.2) is 44.0 Å². The van der Waals surface area contributed by atoms with Crippen molar-refractivity contribution in [1.29, 1.82) is 0 Å². The fraction of sp³-hybridized carbons (Fsp3) is 0.706. The standard InChI is InChI=1S/C68H104Br2O4S2/c1-3-5-7-9-11-13-15-17-19-21-23-25-27-29-31-37-43-55-49-59-65-57-53-63(69)75-67(57)68-58(54-64(70)76-68)66-61(73-47-41-35-33-39-45-71-59)51-56(52-62(66)74-48-42-36-34-40-46-72-60(65)50-55)44-38-32-30-28-26-24-22-20-18-16-14-12-10-8-6-4-2/h49-54H,3-48H2,1-2H3. The molecule has 0 saturated carbocycles. The number of hydrogen-bond donors (Lipinski definition) is 0. The van der Waals surface area contributed by atoms with Crippen LogP contribution in [0.25, 0.3) is 32.0 Å². The van der Waals surface area contributed by atoms with Crippen molar-refractivity contribution in [2.45, 2.75) is 284 Å². The van der Waals surface area contributed by atoms with E-state index >= 15 is 0 Å². The summed E-state index contributed by atoms with van der Waals surface area (Å²) < 4.78 is 30.0. The van der Waals surface area contributed by atoms with Gasteiger partial charge in [0, 0.05) is 11.1 Å². The number of halogens is 2. The minimum Gasteiger partial charge on any atom is -0.493 e. The summed E-state index contributed by atoms with van der Waals surface area (Å²) in [6.45, 7) is 7.39. The van der Waals surface area contributed by atoms with Crippen molar-refractivity contribution in [3.8, 4) is 55.0 Å². The zero-order valence-electron chi connectivity index (χ0n) is 48.2. The van der Waals surface area contributed by atoms with Gasteiger partial charge in [-0.15, -0.1) is 22.7 Å². The van der Waals surface area contributed by atoms with Gasteiger partial charge in [0.25, 0.3) is 0 Å². The highest BCUT2D eigenvalue weighted by Crippen LogP contribution is 2.56. The van der Waals surface area contributed by atoms with Crippen molar-refractivity contribution in [2.75, 3.05) is 26.4 Å². The number of ether oxygens (including phenoxy) is 4. The fourth-order valence-corrected chi connectivity index (χ4v) is 15.0. The largest absolute Gasteiger partial charge is 0.493 e. The first-order valence-corrected chi connectivity index (χ1v) is 35.2. The highest BCUT2D eigenvalue weighted by molar-refractivity contribution is 9.11. The van der Waals surface area contributed by atoms with Gasteiger partial charge in [-0.05, 0) is 156 Å². The number of hydrogen-bond acceptors (Lipinski definition) is 6. The highest BCUT2D eigenvalue weighted by atomic mass is 79.9. The van der Waals surface area contributed by atoms with E-state index in [1.807, 2.05) is 0 Å².